The Morgan fingerprint density at radius 1 is 1.82 bits per heavy atom. The largest absolute Gasteiger partial charge is 0.502 e. The van der Waals surface area contributed by atoms with Gasteiger partial charge in [0.05, 0.1) is 6.20 Å². The average molecular weight is 157 g/mol. The Morgan fingerprint density at radius 3 is 3.00 bits per heavy atom. The molecule has 6 nitrogen and oxygen atoms in total. The van der Waals surface area contributed by atoms with E-state index in [1.54, 1.807) is 0 Å². The van der Waals surface area contributed by atoms with Crippen molar-refractivity contribution in [1.82, 2.24) is 9.55 Å². The SMILES string of the molecule is Cn1cc(O)c(=O)nc1ON. The molecule has 0 spiro atoms. The number of hydrogen-bond acceptors (Lipinski definition) is 5. The molecule has 0 aliphatic rings. The number of rotatable bonds is 1. The predicted octanol–water partition coefficient (Wildman–Crippen LogP) is -1.26. The molecule has 3 N–H and O–H groups in total. The maximum absolute atomic E-state index is 10.6. The minimum atomic E-state index is -0.761. The number of nitrogens with two attached hydrogens (primary N) is 1. The summed E-state index contributed by atoms with van der Waals surface area (Å²) >= 11 is 0. The quantitative estimate of drug-likeness (QED) is 0.496. The van der Waals surface area contributed by atoms with Crippen LogP contribution >= 0.6 is 0 Å². The van der Waals surface area contributed by atoms with Crippen molar-refractivity contribution in [3.05, 3.63) is 16.6 Å². The van der Waals surface area contributed by atoms with Crippen LogP contribution in [0.2, 0.25) is 0 Å². The third-order valence-electron chi connectivity index (χ3n) is 1.14. The molecule has 0 radical (unpaired) electrons. The summed E-state index contributed by atoms with van der Waals surface area (Å²) in [5, 5.41) is 8.83. The highest BCUT2D eigenvalue weighted by molar-refractivity contribution is 5.13. The van der Waals surface area contributed by atoms with E-state index >= 15 is 0 Å². The van der Waals surface area contributed by atoms with Crippen molar-refractivity contribution in [3.63, 3.8) is 0 Å². The van der Waals surface area contributed by atoms with Gasteiger partial charge in [0.15, 0.2) is 5.75 Å². The smallest absolute Gasteiger partial charge is 0.319 e. The number of aromatic nitrogens is 2. The van der Waals surface area contributed by atoms with E-state index in [4.69, 9.17) is 11.0 Å². The Bertz CT molecular complexity index is 319. The first-order valence-corrected chi connectivity index (χ1v) is 2.78. The Balaban J connectivity index is 3.32. The topological polar surface area (TPSA) is 90.4 Å². The van der Waals surface area contributed by atoms with Crippen molar-refractivity contribution >= 4 is 0 Å². The van der Waals surface area contributed by atoms with Gasteiger partial charge < -0.3 is 14.5 Å². The summed E-state index contributed by atoms with van der Waals surface area (Å²) in [6.45, 7) is 0. The summed E-state index contributed by atoms with van der Waals surface area (Å²) in [7, 11) is 1.54. The Labute approximate surface area is 61.8 Å². The third kappa shape index (κ3) is 1.30. The molecular formula is C5H7N3O3. The van der Waals surface area contributed by atoms with Crippen LogP contribution in [0.5, 0.6) is 11.8 Å². The standard InChI is InChI=1S/C5H7N3O3/c1-8-2-3(9)4(10)7-5(8)11-6/h2,9H,6H2,1H3. The van der Waals surface area contributed by atoms with Crippen molar-refractivity contribution < 1.29 is 9.94 Å². The van der Waals surface area contributed by atoms with E-state index in [1.165, 1.54) is 11.6 Å². The third-order valence-corrected chi connectivity index (χ3v) is 1.14. The fourth-order valence-electron chi connectivity index (χ4n) is 0.626. The van der Waals surface area contributed by atoms with Crippen LogP contribution in [0.3, 0.4) is 0 Å². The maximum Gasteiger partial charge on any atom is 0.319 e. The zero-order chi connectivity index (χ0) is 8.43. The van der Waals surface area contributed by atoms with Crippen molar-refractivity contribution in [3.8, 4) is 11.8 Å². The van der Waals surface area contributed by atoms with Gasteiger partial charge in [-0.1, -0.05) is 0 Å². The number of aryl methyl sites for hydroxylation is 1. The molecule has 11 heavy (non-hydrogen) atoms. The van der Waals surface area contributed by atoms with Crippen LogP contribution in [0.25, 0.3) is 0 Å². The molecule has 0 amide bonds. The molecule has 1 rings (SSSR count). The van der Waals surface area contributed by atoms with Gasteiger partial charge in [-0.15, -0.1) is 0 Å². The van der Waals surface area contributed by atoms with E-state index in [9.17, 15) is 4.79 Å². The van der Waals surface area contributed by atoms with Gasteiger partial charge >= 0.3 is 11.6 Å². The fraction of sp³-hybridized carbons (Fsp3) is 0.200. The fourth-order valence-corrected chi connectivity index (χ4v) is 0.626. The maximum atomic E-state index is 10.6. The summed E-state index contributed by atoms with van der Waals surface area (Å²) in [6, 6.07) is -0.0483. The van der Waals surface area contributed by atoms with Gasteiger partial charge in [0.2, 0.25) is 0 Å². The lowest BCUT2D eigenvalue weighted by Gasteiger charge is -2.02. The van der Waals surface area contributed by atoms with Crippen LogP contribution in [0, 0.1) is 0 Å². The van der Waals surface area contributed by atoms with Gasteiger partial charge in [0, 0.05) is 7.05 Å². The molecule has 1 aromatic rings. The normalized spacial score (nSPS) is 9.64. The summed E-state index contributed by atoms with van der Waals surface area (Å²) in [4.78, 5) is 18.2. The lowest BCUT2D eigenvalue weighted by Crippen LogP contribution is -2.16. The van der Waals surface area contributed by atoms with Gasteiger partial charge in [-0.2, -0.15) is 10.9 Å². The summed E-state index contributed by atoms with van der Waals surface area (Å²) in [5.41, 5.74) is -0.761. The van der Waals surface area contributed by atoms with E-state index in [0.717, 1.165) is 6.20 Å². The second kappa shape index (κ2) is 2.59. The first-order valence-electron chi connectivity index (χ1n) is 2.78. The molecule has 60 valence electrons. The van der Waals surface area contributed by atoms with Gasteiger partial charge in [-0.05, 0) is 0 Å². The molecule has 0 atom stereocenters. The molecule has 6 heteroatoms. The molecular weight excluding hydrogens is 150 g/mol. The van der Waals surface area contributed by atoms with E-state index in [-0.39, 0.29) is 6.01 Å². The molecule has 0 saturated heterocycles. The second-order valence-electron chi connectivity index (χ2n) is 1.94. The minimum absolute atomic E-state index is 0.0483. The molecule has 0 fully saturated rings. The highest BCUT2D eigenvalue weighted by Crippen LogP contribution is 2.03. The number of hydrogen-bond donors (Lipinski definition) is 2. The Hall–Kier alpha value is -1.56. The minimum Gasteiger partial charge on any atom is -0.502 e. The first-order chi connectivity index (χ1) is 5.15. The Kier molecular flexibility index (Phi) is 1.77. The first kappa shape index (κ1) is 7.55. The summed E-state index contributed by atoms with van der Waals surface area (Å²) in [5.74, 6) is 4.33. The molecule has 0 aliphatic carbocycles. The van der Waals surface area contributed by atoms with E-state index in [0.29, 0.717) is 0 Å². The number of aromatic hydroxyl groups is 1. The van der Waals surface area contributed by atoms with Gasteiger partial charge in [0.25, 0.3) is 0 Å². The molecule has 1 aromatic heterocycles. The monoisotopic (exact) mass is 157 g/mol. The number of nitrogens with zero attached hydrogens (tertiary/aromatic N) is 2. The van der Waals surface area contributed by atoms with Crippen LogP contribution < -0.4 is 16.3 Å². The zero-order valence-corrected chi connectivity index (χ0v) is 5.81. The molecule has 0 aliphatic heterocycles. The Morgan fingerprint density at radius 2 is 2.45 bits per heavy atom. The van der Waals surface area contributed by atoms with Crippen molar-refractivity contribution in [2.45, 2.75) is 0 Å². The molecule has 1 heterocycles. The van der Waals surface area contributed by atoms with Gasteiger partial charge in [-0.3, -0.25) is 4.79 Å². The summed E-state index contributed by atoms with van der Waals surface area (Å²) < 4.78 is 1.29. The molecule has 0 aromatic carbocycles. The van der Waals surface area contributed by atoms with Crippen molar-refractivity contribution in [2.24, 2.45) is 12.9 Å². The van der Waals surface area contributed by atoms with Crippen LogP contribution in [0.1, 0.15) is 0 Å². The highest BCUT2D eigenvalue weighted by Gasteiger charge is 2.03. The van der Waals surface area contributed by atoms with Crippen molar-refractivity contribution in [2.75, 3.05) is 0 Å². The van der Waals surface area contributed by atoms with Gasteiger partial charge in [-0.25, -0.2) is 0 Å². The van der Waals surface area contributed by atoms with E-state index < -0.39 is 11.3 Å². The molecule has 0 saturated carbocycles. The lowest BCUT2D eigenvalue weighted by atomic mass is 10.6. The van der Waals surface area contributed by atoms with Gasteiger partial charge in [0.1, 0.15) is 0 Å². The van der Waals surface area contributed by atoms with Crippen LogP contribution in [0.15, 0.2) is 11.0 Å². The van der Waals surface area contributed by atoms with Crippen LogP contribution in [-0.4, -0.2) is 14.7 Å². The highest BCUT2D eigenvalue weighted by atomic mass is 16.6. The van der Waals surface area contributed by atoms with Crippen LogP contribution in [-0.2, 0) is 7.05 Å². The van der Waals surface area contributed by atoms with E-state index in [2.05, 4.69) is 9.82 Å². The lowest BCUT2D eigenvalue weighted by molar-refractivity contribution is 0.286. The van der Waals surface area contributed by atoms with Crippen LogP contribution in [0.4, 0.5) is 0 Å². The average Bonchev–Trinajstić information content (AvgIpc) is 1.97. The second-order valence-corrected chi connectivity index (χ2v) is 1.94. The zero-order valence-electron chi connectivity index (χ0n) is 5.81. The molecule has 0 bridgehead atoms. The van der Waals surface area contributed by atoms with E-state index in [1.807, 2.05) is 0 Å². The van der Waals surface area contributed by atoms with Crippen molar-refractivity contribution in [1.29, 1.82) is 0 Å². The molecule has 0 unspecified atom stereocenters. The predicted molar refractivity (Wildman–Crippen MR) is 36.0 cm³/mol. The summed E-state index contributed by atoms with van der Waals surface area (Å²) in [6.07, 6.45) is 1.16.